The van der Waals surface area contributed by atoms with Crippen molar-refractivity contribution >= 4 is 50.1 Å². The van der Waals surface area contributed by atoms with Gasteiger partial charge in [-0.15, -0.1) is 0 Å². The molecular weight excluding hydrogens is 417 g/mol. The Bertz CT molecular complexity index is 640. The fourth-order valence-corrected chi connectivity index (χ4v) is 2.67. The van der Waals surface area contributed by atoms with Crippen molar-refractivity contribution in [1.29, 1.82) is 0 Å². The molecule has 0 fully saturated rings. The smallest absolute Gasteiger partial charge is 0.256 e. The monoisotopic (exact) mass is 429 g/mol. The van der Waals surface area contributed by atoms with E-state index in [9.17, 15) is 4.79 Å². The Morgan fingerprint density at radius 3 is 2.68 bits per heavy atom. The number of amides is 1. The predicted molar refractivity (Wildman–Crippen MR) is 90.7 cm³/mol. The van der Waals surface area contributed by atoms with Gasteiger partial charge in [0.2, 0.25) is 0 Å². The molecule has 0 aromatic heterocycles. The fraction of sp³-hybridized carbons (Fsp3) is 0.133. The maximum Gasteiger partial charge on any atom is 0.256 e. The van der Waals surface area contributed by atoms with Crippen molar-refractivity contribution in [1.82, 2.24) is 0 Å². The number of carbonyl (C=O) groups is 1. The third kappa shape index (κ3) is 3.36. The summed E-state index contributed by atoms with van der Waals surface area (Å²) in [6.07, 6.45) is 0. The van der Waals surface area contributed by atoms with Gasteiger partial charge in [0.15, 0.2) is 0 Å². The van der Waals surface area contributed by atoms with Gasteiger partial charge in [-0.05, 0) is 87.8 Å². The van der Waals surface area contributed by atoms with Crippen LogP contribution in [0.5, 0.6) is 0 Å². The molecule has 2 aromatic rings. The summed E-state index contributed by atoms with van der Waals surface area (Å²) in [7, 11) is 0. The van der Waals surface area contributed by atoms with E-state index >= 15 is 0 Å². The first-order valence-electron chi connectivity index (χ1n) is 5.81. The summed E-state index contributed by atoms with van der Waals surface area (Å²) in [5.41, 5.74) is 3.76. The lowest BCUT2D eigenvalue weighted by Gasteiger charge is -2.11. The van der Waals surface area contributed by atoms with Crippen LogP contribution in [0.3, 0.4) is 0 Å². The molecule has 4 heteroatoms. The second-order valence-electron chi connectivity index (χ2n) is 4.33. The highest BCUT2D eigenvalue weighted by molar-refractivity contribution is 14.1. The second-order valence-corrected chi connectivity index (χ2v) is 6.43. The van der Waals surface area contributed by atoms with Gasteiger partial charge in [0.1, 0.15) is 0 Å². The van der Waals surface area contributed by atoms with E-state index in [2.05, 4.69) is 43.8 Å². The maximum absolute atomic E-state index is 12.3. The zero-order chi connectivity index (χ0) is 14.0. The van der Waals surface area contributed by atoms with E-state index in [0.29, 0.717) is 5.56 Å². The molecule has 2 aromatic carbocycles. The number of hydrogen-bond acceptors (Lipinski definition) is 1. The number of hydrogen-bond donors (Lipinski definition) is 1. The van der Waals surface area contributed by atoms with Crippen LogP contribution in [-0.4, -0.2) is 5.91 Å². The van der Waals surface area contributed by atoms with E-state index in [4.69, 9.17) is 0 Å². The highest BCUT2D eigenvalue weighted by Crippen LogP contribution is 2.23. The van der Waals surface area contributed by atoms with Crippen molar-refractivity contribution in [2.45, 2.75) is 13.8 Å². The molecule has 0 saturated carbocycles. The predicted octanol–water partition coefficient (Wildman–Crippen LogP) is 4.92. The van der Waals surface area contributed by atoms with E-state index < -0.39 is 0 Å². The molecule has 0 radical (unpaired) electrons. The number of halogens is 2. The summed E-state index contributed by atoms with van der Waals surface area (Å²) in [6, 6.07) is 11.6. The Hall–Kier alpha value is -0.880. The first-order valence-corrected chi connectivity index (χ1v) is 7.69. The molecule has 98 valence electrons. The van der Waals surface area contributed by atoms with Crippen LogP contribution < -0.4 is 5.32 Å². The minimum absolute atomic E-state index is 0.0981. The van der Waals surface area contributed by atoms with Crippen LogP contribution in [0, 0.1) is 17.4 Å². The molecule has 0 atom stereocenters. The molecule has 2 rings (SSSR count). The molecule has 2 nitrogen and oxygen atoms in total. The number of carbonyl (C=O) groups excluding carboxylic acids is 1. The van der Waals surface area contributed by atoms with Crippen LogP contribution in [0.4, 0.5) is 5.69 Å². The topological polar surface area (TPSA) is 29.1 Å². The quantitative estimate of drug-likeness (QED) is 0.674. The van der Waals surface area contributed by atoms with Crippen molar-refractivity contribution < 1.29 is 4.79 Å². The van der Waals surface area contributed by atoms with Crippen molar-refractivity contribution in [2.75, 3.05) is 5.32 Å². The van der Waals surface area contributed by atoms with E-state index in [1.165, 1.54) is 5.56 Å². The summed E-state index contributed by atoms with van der Waals surface area (Å²) in [6.45, 7) is 4.04. The SMILES string of the molecule is Cc1cccc(NC(=O)c2cc(I)ccc2Br)c1C. The molecule has 0 aliphatic carbocycles. The van der Waals surface area contributed by atoms with Gasteiger partial charge < -0.3 is 5.32 Å². The summed E-state index contributed by atoms with van der Waals surface area (Å²) in [5.74, 6) is -0.0981. The van der Waals surface area contributed by atoms with Crippen LogP contribution in [0.25, 0.3) is 0 Å². The van der Waals surface area contributed by atoms with E-state index in [-0.39, 0.29) is 5.91 Å². The Morgan fingerprint density at radius 1 is 1.21 bits per heavy atom. The minimum atomic E-state index is -0.0981. The Balaban J connectivity index is 2.31. The van der Waals surface area contributed by atoms with Gasteiger partial charge in [-0.3, -0.25) is 4.79 Å². The number of benzene rings is 2. The first-order chi connectivity index (χ1) is 8.99. The van der Waals surface area contributed by atoms with Gasteiger partial charge in [-0.25, -0.2) is 0 Å². The zero-order valence-corrected chi connectivity index (χ0v) is 14.4. The van der Waals surface area contributed by atoms with E-state index in [1.807, 2.05) is 50.2 Å². The summed E-state index contributed by atoms with van der Waals surface area (Å²) >= 11 is 5.61. The molecule has 1 N–H and O–H groups in total. The van der Waals surface area contributed by atoms with Crippen LogP contribution in [0.15, 0.2) is 40.9 Å². The fourth-order valence-electron chi connectivity index (χ4n) is 1.75. The summed E-state index contributed by atoms with van der Waals surface area (Å²) < 4.78 is 1.84. The molecule has 0 unspecified atom stereocenters. The number of rotatable bonds is 2. The van der Waals surface area contributed by atoms with Gasteiger partial charge in [0, 0.05) is 13.7 Å². The summed E-state index contributed by atoms with van der Waals surface area (Å²) in [4.78, 5) is 12.3. The van der Waals surface area contributed by atoms with Crippen molar-refractivity contribution in [3.8, 4) is 0 Å². The molecule has 1 amide bonds. The van der Waals surface area contributed by atoms with Crippen LogP contribution in [0.1, 0.15) is 21.5 Å². The zero-order valence-electron chi connectivity index (χ0n) is 10.6. The first kappa shape index (κ1) is 14.5. The van der Waals surface area contributed by atoms with Crippen LogP contribution in [0.2, 0.25) is 0 Å². The molecule has 0 spiro atoms. The van der Waals surface area contributed by atoms with Crippen molar-refractivity contribution in [2.24, 2.45) is 0 Å². The molecule has 19 heavy (non-hydrogen) atoms. The van der Waals surface area contributed by atoms with Crippen molar-refractivity contribution in [3.63, 3.8) is 0 Å². The van der Waals surface area contributed by atoms with Crippen LogP contribution in [-0.2, 0) is 0 Å². The Kier molecular flexibility index (Phi) is 4.62. The highest BCUT2D eigenvalue weighted by Gasteiger charge is 2.12. The molecular formula is C15H13BrINO. The Labute approximate surface area is 134 Å². The highest BCUT2D eigenvalue weighted by atomic mass is 127. The van der Waals surface area contributed by atoms with Crippen LogP contribution >= 0.6 is 38.5 Å². The summed E-state index contributed by atoms with van der Waals surface area (Å²) in [5, 5.41) is 2.96. The number of anilines is 1. The standard InChI is InChI=1S/C15H13BrINO/c1-9-4-3-5-14(10(9)2)18-15(19)12-8-11(17)6-7-13(12)16/h3-8H,1-2H3,(H,18,19). The second kappa shape index (κ2) is 6.05. The molecule has 0 aliphatic heterocycles. The largest absolute Gasteiger partial charge is 0.322 e. The maximum atomic E-state index is 12.3. The lowest BCUT2D eigenvalue weighted by molar-refractivity contribution is 0.102. The Morgan fingerprint density at radius 2 is 1.95 bits per heavy atom. The average molecular weight is 430 g/mol. The van der Waals surface area contributed by atoms with Crippen molar-refractivity contribution in [3.05, 3.63) is 61.1 Å². The number of nitrogens with one attached hydrogen (secondary N) is 1. The van der Waals surface area contributed by atoms with E-state index in [0.717, 1.165) is 19.3 Å². The third-order valence-electron chi connectivity index (χ3n) is 3.03. The molecule has 0 aliphatic rings. The van der Waals surface area contributed by atoms with E-state index in [1.54, 1.807) is 0 Å². The number of aryl methyl sites for hydroxylation is 1. The molecule has 0 saturated heterocycles. The molecule has 0 heterocycles. The lowest BCUT2D eigenvalue weighted by atomic mass is 10.1. The van der Waals surface area contributed by atoms with Gasteiger partial charge in [-0.2, -0.15) is 0 Å². The van der Waals surface area contributed by atoms with Gasteiger partial charge in [0.25, 0.3) is 5.91 Å². The average Bonchev–Trinajstić information content (AvgIpc) is 2.38. The third-order valence-corrected chi connectivity index (χ3v) is 4.39. The van der Waals surface area contributed by atoms with Gasteiger partial charge in [0.05, 0.1) is 5.56 Å². The molecule has 0 bridgehead atoms. The minimum Gasteiger partial charge on any atom is -0.322 e. The lowest BCUT2D eigenvalue weighted by Crippen LogP contribution is -2.14. The van der Waals surface area contributed by atoms with Gasteiger partial charge in [-0.1, -0.05) is 12.1 Å². The van der Waals surface area contributed by atoms with Gasteiger partial charge >= 0.3 is 0 Å². The normalized spacial score (nSPS) is 10.3.